The summed E-state index contributed by atoms with van der Waals surface area (Å²) in [4.78, 5) is 14.8. The number of aryl methyl sites for hydroxylation is 1. The minimum absolute atomic E-state index is 0.392. The summed E-state index contributed by atoms with van der Waals surface area (Å²) in [6.45, 7) is 3.54. The number of ether oxygens (including phenoxy) is 1. The first kappa shape index (κ1) is 11.5. The SMILES string of the molecule is COc1cc(CC(C)C(=O)O)cc(C)n1. The highest BCUT2D eigenvalue weighted by molar-refractivity contribution is 5.69. The van der Waals surface area contributed by atoms with Crippen molar-refractivity contribution in [3.8, 4) is 5.88 Å². The molecule has 0 spiro atoms. The summed E-state index contributed by atoms with van der Waals surface area (Å²) in [6, 6.07) is 3.65. The normalized spacial score (nSPS) is 12.2. The summed E-state index contributed by atoms with van der Waals surface area (Å²) in [5.74, 6) is -0.650. The van der Waals surface area contributed by atoms with E-state index in [1.807, 2.05) is 13.0 Å². The number of pyridine rings is 1. The second kappa shape index (κ2) is 4.77. The first-order chi connectivity index (χ1) is 7.02. The Morgan fingerprint density at radius 2 is 2.27 bits per heavy atom. The number of methoxy groups -OCH3 is 1. The van der Waals surface area contributed by atoms with E-state index in [2.05, 4.69) is 4.98 Å². The van der Waals surface area contributed by atoms with Gasteiger partial charge in [-0.2, -0.15) is 0 Å². The van der Waals surface area contributed by atoms with Crippen molar-refractivity contribution in [1.82, 2.24) is 4.98 Å². The highest BCUT2D eigenvalue weighted by Crippen LogP contribution is 2.15. The third-order valence-electron chi connectivity index (χ3n) is 2.16. The van der Waals surface area contributed by atoms with Gasteiger partial charge in [0.25, 0.3) is 0 Å². The maximum absolute atomic E-state index is 10.7. The monoisotopic (exact) mass is 209 g/mol. The van der Waals surface area contributed by atoms with E-state index in [1.54, 1.807) is 20.1 Å². The maximum Gasteiger partial charge on any atom is 0.306 e. The van der Waals surface area contributed by atoms with E-state index in [-0.39, 0.29) is 0 Å². The van der Waals surface area contributed by atoms with Crippen LogP contribution in [0.25, 0.3) is 0 Å². The molecule has 1 aromatic heterocycles. The van der Waals surface area contributed by atoms with Crippen molar-refractivity contribution in [2.24, 2.45) is 5.92 Å². The molecule has 0 aliphatic heterocycles. The summed E-state index contributed by atoms with van der Waals surface area (Å²) >= 11 is 0. The molecule has 1 rings (SSSR count). The van der Waals surface area contributed by atoms with Crippen LogP contribution in [0.3, 0.4) is 0 Å². The van der Waals surface area contributed by atoms with Gasteiger partial charge in [0.2, 0.25) is 5.88 Å². The zero-order valence-electron chi connectivity index (χ0n) is 9.15. The van der Waals surface area contributed by atoms with Crippen molar-refractivity contribution in [3.05, 3.63) is 23.4 Å². The largest absolute Gasteiger partial charge is 0.481 e. The summed E-state index contributed by atoms with van der Waals surface area (Å²) < 4.78 is 5.02. The van der Waals surface area contributed by atoms with Crippen molar-refractivity contribution in [2.45, 2.75) is 20.3 Å². The van der Waals surface area contributed by atoms with Gasteiger partial charge in [0.1, 0.15) is 0 Å². The average molecular weight is 209 g/mol. The molecule has 1 aromatic rings. The Balaban J connectivity index is 2.85. The smallest absolute Gasteiger partial charge is 0.306 e. The molecule has 15 heavy (non-hydrogen) atoms. The van der Waals surface area contributed by atoms with Crippen molar-refractivity contribution in [1.29, 1.82) is 0 Å². The molecule has 4 nitrogen and oxygen atoms in total. The average Bonchev–Trinajstić information content (AvgIpc) is 2.16. The minimum Gasteiger partial charge on any atom is -0.481 e. The summed E-state index contributed by atoms with van der Waals surface area (Å²) in [6.07, 6.45) is 0.495. The number of aliphatic carboxylic acids is 1. The van der Waals surface area contributed by atoms with Gasteiger partial charge in [-0.05, 0) is 25.0 Å². The van der Waals surface area contributed by atoms with E-state index < -0.39 is 11.9 Å². The third kappa shape index (κ3) is 3.23. The molecular formula is C11H15NO3. The van der Waals surface area contributed by atoms with Gasteiger partial charge in [0, 0.05) is 11.8 Å². The van der Waals surface area contributed by atoms with E-state index in [4.69, 9.17) is 9.84 Å². The van der Waals surface area contributed by atoms with Crippen molar-refractivity contribution in [2.75, 3.05) is 7.11 Å². The molecule has 0 aromatic carbocycles. The van der Waals surface area contributed by atoms with Gasteiger partial charge in [-0.25, -0.2) is 4.98 Å². The molecule has 4 heteroatoms. The molecule has 1 atom stereocenters. The molecule has 0 amide bonds. The number of hydrogen-bond acceptors (Lipinski definition) is 3. The molecular weight excluding hydrogens is 194 g/mol. The molecule has 1 heterocycles. The van der Waals surface area contributed by atoms with Crippen molar-refractivity contribution in [3.63, 3.8) is 0 Å². The summed E-state index contributed by atoms with van der Waals surface area (Å²) in [5.41, 5.74) is 1.77. The van der Waals surface area contributed by atoms with Gasteiger partial charge in [0.15, 0.2) is 0 Å². The van der Waals surface area contributed by atoms with Gasteiger partial charge in [0.05, 0.1) is 13.0 Å². The first-order valence-corrected chi connectivity index (χ1v) is 4.77. The third-order valence-corrected chi connectivity index (χ3v) is 2.16. The topological polar surface area (TPSA) is 59.4 Å². The van der Waals surface area contributed by atoms with Crippen LogP contribution in [0.2, 0.25) is 0 Å². The molecule has 0 radical (unpaired) electrons. The predicted octanol–water partition coefficient (Wildman–Crippen LogP) is 1.66. The van der Waals surface area contributed by atoms with Gasteiger partial charge < -0.3 is 9.84 Å². The Hall–Kier alpha value is -1.58. The van der Waals surface area contributed by atoms with Crippen LogP contribution in [0.4, 0.5) is 0 Å². The standard InChI is InChI=1S/C11H15NO3/c1-7(11(13)14)4-9-5-8(2)12-10(6-9)15-3/h5-7H,4H2,1-3H3,(H,13,14). The van der Waals surface area contributed by atoms with Gasteiger partial charge in [-0.3, -0.25) is 4.79 Å². The molecule has 0 saturated heterocycles. The summed E-state index contributed by atoms with van der Waals surface area (Å²) in [7, 11) is 1.55. The van der Waals surface area contributed by atoms with E-state index >= 15 is 0 Å². The second-order valence-electron chi connectivity index (χ2n) is 3.60. The molecule has 0 fully saturated rings. The van der Waals surface area contributed by atoms with Crippen LogP contribution >= 0.6 is 0 Å². The van der Waals surface area contributed by atoms with Gasteiger partial charge >= 0.3 is 5.97 Å². The van der Waals surface area contributed by atoms with Crippen LogP contribution in [-0.2, 0) is 11.2 Å². The Morgan fingerprint density at radius 3 is 2.80 bits per heavy atom. The Labute approximate surface area is 88.9 Å². The number of hydrogen-bond donors (Lipinski definition) is 1. The number of carbonyl (C=O) groups is 1. The molecule has 1 N–H and O–H groups in total. The molecule has 0 saturated carbocycles. The fourth-order valence-corrected chi connectivity index (χ4v) is 1.37. The van der Waals surface area contributed by atoms with Gasteiger partial charge in [-0.1, -0.05) is 6.92 Å². The first-order valence-electron chi connectivity index (χ1n) is 4.77. The lowest BCUT2D eigenvalue weighted by atomic mass is 10.0. The summed E-state index contributed by atoms with van der Waals surface area (Å²) in [5, 5.41) is 8.79. The number of carboxylic acids is 1. The van der Waals surface area contributed by atoms with E-state index in [0.717, 1.165) is 11.3 Å². The second-order valence-corrected chi connectivity index (χ2v) is 3.60. The maximum atomic E-state index is 10.7. The number of aromatic nitrogens is 1. The van der Waals surface area contributed by atoms with E-state index in [1.165, 1.54) is 0 Å². The predicted molar refractivity (Wildman–Crippen MR) is 56.0 cm³/mol. The lowest BCUT2D eigenvalue weighted by Gasteiger charge is -2.08. The number of nitrogens with zero attached hydrogens (tertiary/aromatic N) is 1. The number of carboxylic acid groups (broad SMARTS) is 1. The number of rotatable bonds is 4. The fourth-order valence-electron chi connectivity index (χ4n) is 1.37. The molecule has 0 bridgehead atoms. The van der Waals surface area contributed by atoms with Gasteiger partial charge in [-0.15, -0.1) is 0 Å². The molecule has 0 aliphatic rings. The Morgan fingerprint density at radius 1 is 1.60 bits per heavy atom. The van der Waals surface area contributed by atoms with Crippen LogP contribution < -0.4 is 4.74 Å². The lowest BCUT2D eigenvalue weighted by molar-refractivity contribution is -0.141. The van der Waals surface area contributed by atoms with Crippen LogP contribution in [0.15, 0.2) is 12.1 Å². The lowest BCUT2D eigenvalue weighted by Crippen LogP contribution is -2.12. The van der Waals surface area contributed by atoms with Crippen LogP contribution in [-0.4, -0.2) is 23.2 Å². The van der Waals surface area contributed by atoms with Crippen LogP contribution in [0.1, 0.15) is 18.2 Å². The van der Waals surface area contributed by atoms with Crippen LogP contribution in [0, 0.1) is 12.8 Å². The zero-order chi connectivity index (χ0) is 11.4. The highest BCUT2D eigenvalue weighted by Gasteiger charge is 2.12. The molecule has 82 valence electrons. The Kier molecular flexibility index (Phi) is 3.66. The fraction of sp³-hybridized carbons (Fsp3) is 0.455. The highest BCUT2D eigenvalue weighted by atomic mass is 16.5. The van der Waals surface area contributed by atoms with Crippen molar-refractivity contribution >= 4 is 5.97 Å². The van der Waals surface area contributed by atoms with Crippen molar-refractivity contribution < 1.29 is 14.6 Å². The molecule has 1 unspecified atom stereocenters. The zero-order valence-corrected chi connectivity index (χ0v) is 9.15. The quantitative estimate of drug-likeness (QED) is 0.819. The Bertz CT molecular complexity index is 363. The van der Waals surface area contributed by atoms with Crippen LogP contribution in [0.5, 0.6) is 5.88 Å². The minimum atomic E-state index is -0.788. The van der Waals surface area contributed by atoms with E-state index in [0.29, 0.717) is 12.3 Å². The van der Waals surface area contributed by atoms with E-state index in [9.17, 15) is 4.79 Å². The molecule has 0 aliphatic carbocycles.